The van der Waals surface area contributed by atoms with Gasteiger partial charge in [0.2, 0.25) is 5.91 Å². The van der Waals surface area contributed by atoms with Crippen molar-refractivity contribution in [2.24, 2.45) is 0 Å². The number of aryl methyl sites for hydroxylation is 1. The molecule has 0 unspecified atom stereocenters. The lowest BCUT2D eigenvalue weighted by Gasteiger charge is -2.06. The molecule has 1 fully saturated rings. The second kappa shape index (κ2) is 5.23. The predicted molar refractivity (Wildman–Crippen MR) is 70.8 cm³/mol. The van der Waals surface area contributed by atoms with Crippen LogP contribution in [-0.2, 0) is 4.79 Å². The second-order valence-corrected chi connectivity index (χ2v) is 5.97. The topological polar surface area (TPSA) is 29.1 Å². The Morgan fingerprint density at radius 2 is 2.31 bits per heavy atom. The van der Waals surface area contributed by atoms with Crippen molar-refractivity contribution in [1.82, 2.24) is 5.32 Å². The van der Waals surface area contributed by atoms with Crippen molar-refractivity contribution in [2.75, 3.05) is 5.75 Å². The fourth-order valence-electron chi connectivity index (χ4n) is 1.42. The van der Waals surface area contributed by atoms with Gasteiger partial charge in [0.1, 0.15) is 0 Å². The lowest BCUT2D eigenvalue weighted by atomic mass is 10.2. The van der Waals surface area contributed by atoms with E-state index in [1.54, 1.807) is 11.8 Å². The Kier molecular flexibility index (Phi) is 3.92. The lowest BCUT2D eigenvalue weighted by Crippen LogP contribution is -2.26. The number of amides is 1. The SMILES string of the molecule is Cc1cc(Br)ccc1SCC(=O)NC1CC1. The molecule has 0 spiro atoms. The Balaban J connectivity index is 1.85. The van der Waals surface area contributed by atoms with E-state index in [-0.39, 0.29) is 5.91 Å². The number of halogens is 1. The van der Waals surface area contributed by atoms with Gasteiger partial charge in [-0.2, -0.15) is 0 Å². The number of thioether (sulfide) groups is 1. The van der Waals surface area contributed by atoms with E-state index in [9.17, 15) is 4.79 Å². The molecular weight excluding hydrogens is 286 g/mol. The predicted octanol–water partition coefficient (Wildman–Crippen LogP) is 3.13. The first-order chi connectivity index (χ1) is 7.65. The highest BCUT2D eigenvalue weighted by Crippen LogP contribution is 2.25. The Hall–Kier alpha value is -0.480. The summed E-state index contributed by atoms with van der Waals surface area (Å²) in [6.45, 7) is 2.06. The van der Waals surface area contributed by atoms with Crippen molar-refractivity contribution in [3.8, 4) is 0 Å². The van der Waals surface area contributed by atoms with Crippen LogP contribution in [-0.4, -0.2) is 17.7 Å². The molecule has 0 aliphatic heterocycles. The number of rotatable bonds is 4. The van der Waals surface area contributed by atoms with E-state index in [0.29, 0.717) is 11.8 Å². The smallest absolute Gasteiger partial charge is 0.230 e. The summed E-state index contributed by atoms with van der Waals surface area (Å²) in [5, 5.41) is 2.99. The summed E-state index contributed by atoms with van der Waals surface area (Å²) in [5.41, 5.74) is 1.21. The lowest BCUT2D eigenvalue weighted by molar-refractivity contribution is -0.118. The van der Waals surface area contributed by atoms with E-state index in [1.165, 1.54) is 10.5 Å². The highest BCUT2D eigenvalue weighted by molar-refractivity contribution is 9.10. The molecule has 0 atom stereocenters. The van der Waals surface area contributed by atoms with Gasteiger partial charge in [-0.3, -0.25) is 4.79 Å². The van der Waals surface area contributed by atoms with Gasteiger partial charge in [0.25, 0.3) is 0 Å². The van der Waals surface area contributed by atoms with Gasteiger partial charge in [-0.1, -0.05) is 15.9 Å². The average molecular weight is 300 g/mol. The molecule has 1 saturated carbocycles. The van der Waals surface area contributed by atoms with Gasteiger partial charge in [0.05, 0.1) is 5.75 Å². The third-order valence-electron chi connectivity index (χ3n) is 2.44. The van der Waals surface area contributed by atoms with E-state index >= 15 is 0 Å². The summed E-state index contributed by atoms with van der Waals surface area (Å²) >= 11 is 5.03. The first-order valence-corrected chi connectivity index (χ1v) is 7.11. The maximum absolute atomic E-state index is 11.5. The third-order valence-corrected chi connectivity index (χ3v) is 4.11. The summed E-state index contributed by atoms with van der Waals surface area (Å²) < 4.78 is 1.08. The normalized spacial score (nSPS) is 14.9. The summed E-state index contributed by atoms with van der Waals surface area (Å²) in [6, 6.07) is 6.59. The molecule has 0 bridgehead atoms. The fraction of sp³-hybridized carbons (Fsp3) is 0.417. The number of hydrogen-bond donors (Lipinski definition) is 1. The maximum Gasteiger partial charge on any atom is 0.230 e. The fourth-order valence-corrected chi connectivity index (χ4v) is 2.71. The van der Waals surface area contributed by atoms with Crippen LogP contribution in [0, 0.1) is 6.92 Å². The quantitative estimate of drug-likeness (QED) is 0.866. The zero-order valence-electron chi connectivity index (χ0n) is 9.13. The molecule has 1 aromatic carbocycles. The van der Waals surface area contributed by atoms with Crippen LogP contribution in [0.4, 0.5) is 0 Å². The molecule has 16 heavy (non-hydrogen) atoms. The molecule has 1 aromatic rings. The summed E-state index contributed by atoms with van der Waals surface area (Å²) in [5.74, 6) is 0.661. The van der Waals surface area contributed by atoms with Gasteiger partial charge in [-0.25, -0.2) is 0 Å². The summed E-state index contributed by atoms with van der Waals surface area (Å²) in [6.07, 6.45) is 2.29. The molecule has 0 radical (unpaired) electrons. The van der Waals surface area contributed by atoms with Crippen molar-refractivity contribution >= 4 is 33.6 Å². The first-order valence-electron chi connectivity index (χ1n) is 5.33. The Morgan fingerprint density at radius 3 is 2.94 bits per heavy atom. The molecule has 1 aliphatic rings. The molecule has 0 saturated heterocycles. The van der Waals surface area contributed by atoms with E-state index in [2.05, 4.69) is 40.3 Å². The molecule has 1 N–H and O–H groups in total. The molecule has 1 aliphatic carbocycles. The molecule has 2 nitrogen and oxygen atoms in total. The van der Waals surface area contributed by atoms with E-state index in [4.69, 9.17) is 0 Å². The minimum absolute atomic E-state index is 0.148. The maximum atomic E-state index is 11.5. The second-order valence-electron chi connectivity index (χ2n) is 4.04. The van der Waals surface area contributed by atoms with Crippen LogP contribution in [0.15, 0.2) is 27.6 Å². The largest absolute Gasteiger partial charge is 0.353 e. The monoisotopic (exact) mass is 299 g/mol. The van der Waals surface area contributed by atoms with Gasteiger partial charge < -0.3 is 5.32 Å². The van der Waals surface area contributed by atoms with E-state index in [1.807, 2.05) is 6.07 Å². The highest BCUT2D eigenvalue weighted by Gasteiger charge is 2.22. The standard InChI is InChI=1S/C12H14BrNOS/c1-8-6-9(13)2-5-11(8)16-7-12(15)14-10-3-4-10/h2,5-6,10H,3-4,7H2,1H3,(H,14,15). The van der Waals surface area contributed by atoms with Gasteiger partial charge >= 0.3 is 0 Å². The van der Waals surface area contributed by atoms with Gasteiger partial charge in [0, 0.05) is 15.4 Å². The van der Waals surface area contributed by atoms with Crippen molar-refractivity contribution in [3.63, 3.8) is 0 Å². The van der Waals surface area contributed by atoms with Crippen molar-refractivity contribution in [3.05, 3.63) is 28.2 Å². The van der Waals surface area contributed by atoms with Crippen LogP contribution in [0.2, 0.25) is 0 Å². The minimum atomic E-state index is 0.148. The molecule has 0 heterocycles. The van der Waals surface area contributed by atoms with E-state index < -0.39 is 0 Å². The molecule has 2 rings (SSSR count). The van der Waals surface area contributed by atoms with Crippen molar-refractivity contribution < 1.29 is 4.79 Å². The average Bonchev–Trinajstić information content (AvgIpc) is 3.00. The van der Waals surface area contributed by atoms with Gasteiger partial charge in [-0.05, 0) is 43.5 Å². The minimum Gasteiger partial charge on any atom is -0.353 e. The number of carbonyl (C=O) groups excluding carboxylic acids is 1. The molecule has 86 valence electrons. The van der Waals surface area contributed by atoms with Crippen LogP contribution in [0.25, 0.3) is 0 Å². The Bertz CT molecular complexity index is 404. The number of nitrogens with one attached hydrogen (secondary N) is 1. The zero-order valence-corrected chi connectivity index (χ0v) is 11.5. The van der Waals surface area contributed by atoms with Crippen LogP contribution < -0.4 is 5.32 Å². The van der Waals surface area contributed by atoms with Crippen LogP contribution >= 0.6 is 27.7 Å². The summed E-state index contributed by atoms with van der Waals surface area (Å²) in [7, 11) is 0. The van der Waals surface area contributed by atoms with Crippen LogP contribution in [0.3, 0.4) is 0 Å². The van der Waals surface area contributed by atoms with Crippen molar-refractivity contribution in [1.29, 1.82) is 0 Å². The Labute approximate surface area is 108 Å². The summed E-state index contributed by atoms with van der Waals surface area (Å²) in [4.78, 5) is 12.7. The van der Waals surface area contributed by atoms with Gasteiger partial charge in [0.15, 0.2) is 0 Å². The molecule has 4 heteroatoms. The first kappa shape index (κ1) is 12.0. The Morgan fingerprint density at radius 1 is 1.56 bits per heavy atom. The zero-order chi connectivity index (χ0) is 11.5. The van der Waals surface area contributed by atoms with Crippen LogP contribution in [0.5, 0.6) is 0 Å². The van der Waals surface area contributed by atoms with Crippen molar-refractivity contribution in [2.45, 2.75) is 30.7 Å². The number of hydrogen-bond acceptors (Lipinski definition) is 2. The van der Waals surface area contributed by atoms with E-state index in [0.717, 1.165) is 17.3 Å². The number of carbonyl (C=O) groups is 1. The molecule has 0 aromatic heterocycles. The molecule has 1 amide bonds. The molecular formula is C12H14BrNOS. The number of benzene rings is 1. The van der Waals surface area contributed by atoms with Gasteiger partial charge in [-0.15, -0.1) is 11.8 Å². The third kappa shape index (κ3) is 3.52. The van der Waals surface area contributed by atoms with Crippen LogP contribution in [0.1, 0.15) is 18.4 Å². The highest BCUT2D eigenvalue weighted by atomic mass is 79.9.